The van der Waals surface area contributed by atoms with E-state index in [1.54, 1.807) is 41.7 Å². The van der Waals surface area contributed by atoms with Gasteiger partial charge in [0.05, 0.1) is 24.5 Å². The summed E-state index contributed by atoms with van der Waals surface area (Å²) in [5.74, 6) is -0.894. The number of imidazole rings is 1. The Morgan fingerprint density at radius 2 is 1.83 bits per heavy atom. The molecule has 1 atom stereocenters. The first kappa shape index (κ1) is 25.2. The van der Waals surface area contributed by atoms with Crippen molar-refractivity contribution in [1.29, 1.82) is 0 Å². The van der Waals surface area contributed by atoms with Gasteiger partial charge in [0.2, 0.25) is 0 Å². The number of aliphatic hydroxyl groups is 1. The summed E-state index contributed by atoms with van der Waals surface area (Å²) in [5, 5.41) is 11.3. The first-order chi connectivity index (χ1) is 17.2. The molecule has 4 rings (SSSR count). The number of nitrogens with zero attached hydrogens (tertiary/aromatic N) is 3. The van der Waals surface area contributed by atoms with Gasteiger partial charge in [0, 0.05) is 31.0 Å². The average molecular weight is 488 g/mol. The van der Waals surface area contributed by atoms with Gasteiger partial charge in [0.15, 0.2) is 0 Å². The van der Waals surface area contributed by atoms with Crippen LogP contribution in [0.3, 0.4) is 0 Å². The molecule has 0 aliphatic carbocycles. The Labute approximate surface area is 212 Å². The summed E-state index contributed by atoms with van der Waals surface area (Å²) < 4.78 is 7.50. The number of carbonyl (C=O) groups is 2. The minimum Gasteiger partial charge on any atom is -0.507 e. The molecule has 7 nitrogen and oxygen atoms in total. The van der Waals surface area contributed by atoms with E-state index in [4.69, 9.17) is 4.74 Å². The Morgan fingerprint density at radius 3 is 2.47 bits per heavy atom. The predicted octanol–water partition coefficient (Wildman–Crippen LogP) is 5.09. The summed E-state index contributed by atoms with van der Waals surface area (Å²) in [6.07, 6.45) is 5.93. The molecule has 1 unspecified atom stereocenters. The van der Waals surface area contributed by atoms with Crippen molar-refractivity contribution in [3.05, 3.63) is 89.5 Å². The predicted molar refractivity (Wildman–Crippen MR) is 139 cm³/mol. The van der Waals surface area contributed by atoms with Crippen molar-refractivity contribution in [3.8, 4) is 5.75 Å². The Hall–Kier alpha value is -3.87. The number of likely N-dealkylation sites (tertiary alicyclic amines) is 1. The van der Waals surface area contributed by atoms with E-state index in [-0.39, 0.29) is 16.7 Å². The van der Waals surface area contributed by atoms with Crippen molar-refractivity contribution >= 4 is 17.4 Å². The third-order valence-corrected chi connectivity index (χ3v) is 6.43. The lowest BCUT2D eigenvalue weighted by Gasteiger charge is -2.26. The van der Waals surface area contributed by atoms with Crippen LogP contribution in [-0.2, 0) is 21.5 Å². The van der Waals surface area contributed by atoms with Gasteiger partial charge in [0.1, 0.15) is 11.5 Å². The topological polar surface area (TPSA) is 84.7 Å². The normalized spacial score (nSPS) is 17.6. The third kappa shape index (κ3) is 5.20. The summed E-state index contributed by atoms with van der Waals surface area (Å²) in [4.78, 5) is 32.1. The standard InChI is InChI=1S/C29H33N3O4/c1-5-36-23-9-6-8-21(18-23)26(33)24-25(20-10-12-22(13-11-20)29(2,3)4)32(28(35)27(24)34)16-7-15-31-17-14-30-19-31/h6,8-14,17-19,25,33H,5,7,15-16H2,1-4H3. The number of ketones is 1. The van der Waals surface area contributed by atoms with Crippen molar-refractivity contribution in [3.63, 3.8) is 0 Å². The molecule has 1 aliphatic heterocycles. The first-order valence-corrected chi connectivity index (χ1v) is 12.3. The van der Waals surface area contributed by atoms with Crippen LogP contribution in [0.1, 0.15) is 56.8 Å². The minimum atomic E-state index is -0.683. The van der Waals surface area contributed by atoms with E-state index in [0.717, 1.165) is 11.1 Å². The molecule has 7 heteroatoms. The molecule has 1 fully saturated rings. The highest BCUT2D eigenvalue weighted by atomic mass is 16.5. The fourth-order valence-electron chi connectivity index (χ4n) is 4.52. The zero-order valence-electron chi connectivity index (χ0n) is 21.3. The molecule has 2 aromatic carbocycles. The molecular weight excluding hydrogens is 454 g/mol. The van der Waals surface area contributed by atoms with Gasteiger partial charge in [-0.05, 0) is 42.0 Å². The molecule has 0 bridgehead atoms. The van der Waals surface area contributed by atoms with Gasteiger partial charge in [-0.1, -0.05) is 57.2 Å². The van der Waals surface area contributed by atoms with E-state index in [0.29, 0.717) is 37.4 Å². The van der Waals surface area contributed by atoms with Crippen LogP contribution in [0.25, 0.3) is 5.76 Å². The van der Waals surface area contributed by atoms with E-state index in [9.17, 15) is 14.7 Å². The number of Topliss-reactive ketones (excluding diaryl/α,β-unsaturated/α-hetero) is 1. The number of aromatic nitrogens is 2. The third-order valence-electron chi connectivity index (χ3n) is 6.43. The largest absolute Gasteiger partial charge is 0.507 e. The van der Waals surface area contributed by atoms with E-state index in [2.05, 4.69) is 25.8 Å². The molecule has 0 radical (unpaired) electrons. The number of aryl methyl sites for hydroxylation is 1. The zero-order valence-corrected chi connectivity index (χ0v) is 21.3. The Morgan fingerprint density at radius 1 is 1.08 bits per heavy atom. The second-order valence-electron chi connectivity index (χ2n) is 9.98. The van der Waals surface area contributed by atoms with Gasteiger partial charge in [-0.2, -0.15) is 0 Å². The van der Waals surface area contributed by atoms with Gasteiger partial charge in [0.25, 0.3) is 11.7 Å². The number of hydrogen-bond acceptors (Lipinski definition) is 5. The van der Waals surface area contributed by atoms with Crippen molar-refractivity contribution in [2.75, 3.05) is 13.2 Å². The van der Waals surface area contributed by atoms with Crippen LogP contribution in [0, 0.1) is 0 Å². The number of carbonyl (C=O) groups excluding carboxylic acids is 2. The van der Waals surface area contributed by atoms with E-state index >= 15 is 0 Å². The molecule has 1 N–H and O–H groups in total. The van der Waals surface area contributed by atoms with E-state index in [1.807, 2.05) is 42.0 Å². The Kier molecular flexibility index (Phi) is 7.29. The van der Waals surface area contributed by atoms with Crippen LogP contribution in [-0.4, -0.2) is 44.4 Å². The maximum Gasteiger partial charge on any atom is 0.295 e. The number of amides is 1. The van der Waals surface area contributed by atoms with Crippen molar-refractivity contribution < 1.29 is 19.4 Å². The summed E-state index contributed by atoms with van der Waals surface area (Å²) in [5.41, 5.74) is 2.43. The first-order valence-electron chi connectivity index (χ1n) is 12.3. The monoisotopic (exact) mass is 487 g/mol. The summed E-state index contributed by atoms with van der Waals surface area (Å²) >= 11 is 0. The fraction of sp³-hybridized carbons (Fsp3) is 0.345. The number of rotatable bonds is 8. The molecule has 3 aromatic rings. The fourth-order valence-corrected chi connectivity index (χ4v) is 4.52. The highest BCUT2D eigenvalue weighted by Gasteiger charge is 2.45. The van der Waals surface area contributed by atoms with Gasteiger partial charge in [-0.25, -0.2) is 4.98 Å². The van der Waals surface area contributed by atoms with Gasteiger partial charge in [-0.15, -0.1) is 0 Å². The highest BCUT2D eigenvalue weighted by molar-refractivity contribution is 6.46. The number of aliphatic hydroxyl groups excluding tert-OH is 1. The van der Waals surface area contributed by atoms with Crippen molar-refractivity contribution in [2.45, 2.75) is 52.1 Å². The van der Waals surface area contributed by atoms with Crippen LogP contribution < -0.4 is 4.74 Å². The Bertz CT molecular complexity index is 1250. The quantitative estimate of drug-likeness (QED) is 0.272. The molecule has 1 amide bonds. The lowest BCUT2D eigenvalue weighted by molar-refractivity contribution is -0.139. The van der Waals surface area contributed by atoms with Crippen LogP contribution in [0.4, 0.5) is 0 Å². The van der Waals surface area contributed by atoms with Gasteiger partial charge < -0.3 is 19.3 Å². The maximum absolute atomic E-state index is 13.3. The minimum absolute atomic E-state index is 0.0368. The lowest BCUT2D eigenvalue weighted by Crippen LogP contribution is -2.31. The van der Waals surface area contributed by atoms with Gasteiger partial charge >= 0.3 is 0 Å². The second-order valence-corrected chi connectivity index (χ2v) is 9.98. The molecule has 36 heavy (non-hydrogen) atoms. The lowest BCUT2D eigenvalue weighted by atomic mass is 9.85. The molecule has 0 spiro atoms. The van der Waals surface area contributed by atoms with E-state index < -0.39 is 17.7 Å². The summed E-state index contributed by atoms with van der Waals surface area (Å²) in [6.45, 7) is 9.79. The van der Waals surface area contributed by atoms with Gasteiger partial charge in [-0.3, -0.25) is 9.59 Å². The van der Waals surface area contributed by atoms with Crippen molar-refractivity contribution in [2.24, 2.45) is 0 Å². The number of ether oxygens (including phenoxy) is 1. The average Bonchev–Trinajstić information content (AvgIpc) is 3.46. The molecular formula is C29H33N3O4. The summed E-state index contributed by atoms with van der Waals surface area (Å²) in [7, 11) is 0. The molecule has 1 aliphatic rings. The number of benzene rings is 2. The molecule has 1 aromatic heterocycles. The Balaban J connectivity index is 1.75. The van der Waals surface area contributed by atoms with Crippen LogP contribution in [0.5, 0.6) is 5.75 Å². The molecule has 0 saturated carbocycles. The second kappa shape index (κ2) is 10.4. The molecule has 1 saturated heterocycles. The summed E-state index contributed by atoms with van der Waals surface area (Å²) in [6, 6.07) is 14.2. The van der Waals surface area contributed by atoms with Crippen LogP contribution in [0.2, 0.25) is 0 Å². The SMILES string of the molecule is CCOc1cccc(C(O)=C2C(=O)C(=O)N(CCCn3ccnc3)C2c2ccc(C(C)(C)C)cc2)c1. The van der Waals surface area contributed by atoms with Crippen LogP contribution in [0.15, 0.2) is 72.8 Å². The smallest absolute Gasteiger partial charge is 0.295 e. The zero-order chi connectivity index (χ0) is 25.9. The van der Waals surface area contributed by atoms with Crippen molar-refractivity contribution in [1.82, 2.24) is 14.5 Å². The highest BCUT2D eigenvalue weighted by Crippen LogP contribution is 2.40. The molecule has 2 heterocycles. The molecule has 188 valence electrons. The van der Waals surface area contributed by atoms with E-state index in [1.165, 1.54) is 0 Å². The maximum atomic E-state index is 13.3. The van der Waals surface area contributed by atoms with Crippen LogP contribution >= 0.6 is 0 Å². The number of hydrogen-bond donors (Lipinski definition) is 1.